The summed E-state index contributed by atoms with van der Waals surface area (Å²) in [5.41, 5.74) is 0. The first-order valence-corrected chi connectivity index (χ1v) is 10.4. The van der Waals surface area contributed by atoms with Gasteiger partial charge in [0, 0.05) is 18.1 Å². The van der Waals surface area contributed by atoms with Gasteiger partial charge in [-0.1, -0.05) is 0 Å². The quantitative estimate of drug-likeness (QED) is 0.258. The van der Waals surface area contributed by atoms with Crippen LogP contribution in [0.25, 0.3) is 0 Å². The lowest BCUT2D eigenvalue weighted by molar-refractivity contribution is -0.148. The van der Waals surface area contributed by atoms with Gasteiger partial charge in [0.2, 0.25) is 17.7 Å². The second kappa shape index (κ2) is 12.2. The molecule has 28 heavy (non-hydrogen) atoms. The van der Waals surface area contributed by atoms with Gasteiger partial charge in [-0.25, -0.2) is 4.79 Å². The van der Waals surface area contributed by atoms with Crippen LogP contribution < -0.4 is 10.6 Å². The van der Waals surface area contributed by atoms with Gasteiger partial charge in [0.25, 0.3) is 0 Å². The number of likely N-dealkylation sites (N-methyl/N-ethyl adjacent to an activating group) is 1. The Morgan fingerprint density at radius 3 is 2.32 bits per heavy atom. The topological polar surface area (TPSA) is 108 Å². The minimum Gasteiger partial charge on any atom is -0.464 e. The van der Waals surface area contributed by atoms with Crippen molar-refractivity contribution >= 4 is 48.9 Å². The molecule has 0 aromatic heterocycles. The van der Waals surface area contributed by atoms with Gasteiger partial charge in [-0.2, -0.15) is 25.3 Å². The minimum atomic E-state index is -0.881. The molecule has 3 unspecified atom stereocenters. The summed E-state index contributed by atoms with van der Waals surface area (Å²) in [4.78, 5) is 52.5. The molecule has 1 aliphatic heterocycles. The summed E-state index contributed by atoms with van der Waals surface area (Å²) in [5, 5.41) is 5.26. The van der Waals surface area contributed by atoms with Crippen LogP contribution in [0.4, 0.5) is 0 Å². The van der Waals surface area contributed by atoms with Crippen LogP contribution in [0, 0.1) is 0 Å². The van der Waals surface area contributed by atoms with Crippen LogP contribution in [0.15, 0.2) is 0 Å². The smallest absolute Gasteiger partial charge is 0.329 e. The Balaban J connectivity index is 2.78. The van der Waals surface area contributed by atoms with Crippen LogP contribution in [0.5, 0.6) is 0 Å². The van der Waals surface area contributed by atoms with Gasteiger partial charge in [0.05, 0.1) is 13.2 Å². The maximum Gasteiger partial charge on any atom is 0.329 e. The van der Waals surface area contributed by atoms with Crippen LogP contribution in [0.2, 0.25) is 0 Å². The van der Waals surface area contributed by atoms with Crippen LogP contribution in [0.1, 0.15) is 19.8 Å². The molecule has 3 amide bonds. The highest BCUT2D eigenvalue weighted by molar-refractivity contribution is 7.80. The highest BCUT2D eigenvalue weighted by atomic mass is 32.1. The molecule has 2 N–H and O–H groups in total. The number of nitrogens with zero attached hydrogens (tertiary/aromatic N) is 2. The number of amides is 3. The zero-order valence-corrected chi connectivity index (χ0v) is 18.3. The molecule has 9 nitrogen and oxygen atoms in total. The fraction of sp³-hybridized carbons (Fsp3) is 0.765. The Bertz CT molecular complexity index is 576. The summed E-state index contributed by atoms with van der Waals surface area (Å²) in [6, 6.07) is -2.42. The summed E-state index contributed by atoms with van der Waals surface area (Å²) in [7, 11) is 3.50. The van der Waals surface area contributed by atoms with Crippen molar-refractivity contribution in [2.45, 2.75) is 37.9 Å². The fourth-order valence-corrected chi connectivity index (χ4v) is 3.39. The van der Waals surface area contributed by atoms with Crippen LogP contribution in [-0.4, -0.2) is 96.9 Å². The zero-order chi connectivity index (χ0) is 21.3. The third-order valence-corrected chi connectivity index (χ3v) is 4.91. The van der Waals surface area contributed by atoms with Crippen LogP contribution >= 0.6 is 25.3 Å². The second-order valence-corrected chi connectivity index (χ2v) is 7.46. The maximum atomic E-state index is 12.9. The summed E-state index contributed by atoms with van der Waals surface area (Å²) in [6.45, 7) is 2.42. The predicted octanol–water partition coefficient (Wildman–Crippen LogP) is -1.07. The molecule has 0 bridgehead atoms. The van der Waals surface area contributed by atoms with Crippen molar-refractivity contribution in [2.24, 2.45) is 0 Å². The van der Waals surface area contributed by atoms with E-state index in [9.17, 15) is 19.2 Å². The average Bonchev–Trinajstić information content (AvgIpc) is 3.12. The number of likely N-dealkylation sites (tertiary alicyclic amines) is 1. The van der Waals surface area contributed by atoms with E-state index in [0.29, 0.717) is 19.4 Å². The molecule has 0 radical (unpaired) electrons. The van der Waals surface area contributed by atoms with Gasteiger partial charge in [0.15, 0.2) is 0 Å². The summed E-state index contributed by atoms with van der Waals surface area (Å²) in [5.74, 6) is -1.45. The number of hydrogen-bond donors (Lipinski definition) is 4. The van der Waals surface area contributed by atoms with E-state index in [1.54, 1.807) is 25.9 Å². The van der Waals surface area contributed by atoms with Gasteiger partial charge in [-0.3, -0.25) is 14.4 Å². The first-order chi connectivity index (χ1) is 13.2. The summed E-state index contributed by atoms with van der Waals surface area (Å²) >= 11 is 8.25. The van der Waals surface area contributed by atoms with Crippen molar-refractivity contribution in [3.05, 3.63) is 0 Å². The average molecular weight is 435 g/mol. The normalized spacial score (nSPS) is 18.5. The molecule has 1 aliphatic rings. The van der Waals surface area contributed by atoms with Gasteiger partial charge in [0.1, 0.15) is 18.1 Å². The Labute approximate surface area is 176 Å². The third-order valence-electron chi connectivity index (χ3n) is 4.18. The number of carbonyl (C=O) groups is 4. The summed E-state index contributed by atoms with van der Waals surface area (Å²) in [6.07, 6.45) is 1.13. The van der Waals surface area contributed by atoms with Crippen LogP contribution in [-0.2, 0) is 23.9 Å². The molecule has 1 saturated heterocycles. The molecule has 0 aliphatic carbocycles. The maximum absolute atomic E-state index is 12.9. The number of esters is 1. The second-order valence-electron chi connectivity index (χ2n) is 6.73. The van der Waals surface area contributed by atoms with Crippen molar-refractivity contribution in [2.75, 3.05) is 45.3 Å². The van der Waals surface area contributed by atoms with Crippen molar-refractivity contribution in [1.82, 2.24) is 20.4 Å². The van der Waals surface area contributed by atoms with Crippen molar-refractivity contribution in [1.29, 1.82) is 0 Å². The van der Waals surface area contributed by atoms with Crippen molar-refractivity contribution in [3.8, 4) is 0 Å². The van der Waals surface area contributed by atoms with E-state index in [1.165, 1.54) is 4.90 Å². The van der Waals surface area contributed by atoms with Crippen LogP contribution in [0.3, 0.4) is 0 Å². The van der Waals surface area contributed by atoms with E-state index < -0.39 is 30.0 Å². The van der Waals surface area contributed by atoms with E-state index in [2.05, 4.69) is 35.9 Å². The number of thiol groups is 2. The first-order valence-electron chi connectivity index (χ1n) is 9.18. The standard InChI is InChI=1S/C17H30N4O5S2/c1-4-26-17(25)12(10-28)19-15(23)13-6-5-7-21(13)16(24)11(9-27)18-14(22)8-20(2)3/h11-13,27-28H,4-10H2,1-3H3,(H,18,22)(H,19,23). The molecule has 11 heteroatoms. The lowest BCUT2D eigenvalue weighted by Crippen LogP contribution is -2.56. The third kappa shape index (κ3) is 7.17. The van der Waals surface area contributed by atoms with E-state index >= 15 is 0 Å². The highest BCUT2D eigenvalue weighted by Crippen LogP contribution is 2.19. The Morgan fingerprint density at radius 2 is 1.79 bits per heavy atom. The molecule has 1 rings (SSSR count). The molecular formula is C17H30N4O5S2. The molecule has 1 fully saturated rings. The number of rotatable bonds is 10. The Morgan fingerprint density at radius 1 is 1.14 bits per heavy atom. The predicted molar refractivity (Wildman–Crippen MR) is 111 cm³/mol. The number of hydrogen-bond acceptors (Lipinski definition) is 8. The fourth-order valence-electron chi connectivity index (χ4n) is 2.91. The molecule has 1 heterocycles. The number of nitrogens with one attached hydrogen (secondary N) is 2. The first kappa shape index (κ1) is 24.6. The van der Waals surface area contributed by atoms with E-state index in [1.807, 2.05) is 0 Å². The zero-order valence-electron chi connectivity index (χ0n) is 16.5. The minimum absolute atomic E-state index is 0.0884. The largest absolute Gasteiger partial charge is 0.464 e. The van der Waals surface area contributed by atoms with E-state index in [0.717, 1.165) is 0 Å². The molecule has 0 aromatic rings. The Hall–Kier alpha value is -1.46. The lowest BCUT2D eigenvalue weighted by atomic mass is 10.1. The van der Waals surface area contributed by atoms with Crippen molar-refractivity contribution in [3.63, 3.8) is 0 Å². The number of ether oxygens (including phenoxy) is 1. The molecule has 160 valence electrons. The van der Waals surface area contributed by atoms with Gasteiger partial charge < -0.3 is 25.2 Å². The lowest BCUT2D eigenvalue weighted by Gasteiger charge is -2.29. The molecule has 0 aromatic carbocycles. The highest BCUT2D eigenvalue weighted by Gasteiger charge is 2.38. The molecule has 0 saturated carbocycles. The van der Waals surface area contributed by atoms with E-state index in [-0.39, 0.29) is 36.5 Å². The van der Waals surface area contributed by atoms with Crippen molar-refractivity contribution < 1.29 is 23.9 Å². The van der Waals surface area contributed by atoms with Gasteiger partial charge in [-0.15, -0.1) is 0 Å². The molecule has 3 atom stereocenters. The molecular weight excluding hydrogens is 404 g/mol. The van der Waals surface area contributed by atoms with Gasteiger partial charge in [-0.05, 0) is 33.9 Å². The monoisotopic (exact) mass is 434 g/mol. The summed E-state index contributed by atoms with van der Waals surface area (Å²) < 4.78 is 4.92. The van der Waals surface area contributed by atoms with Gasteiger partial charge >= 0.3 is 5.97 Å². The Kier molecular flexibility index (Phi) is 10.7. The molecule has 0 spiro atoms. The van der Waals surface area contributed by atoms with E-state index in [4.69, 9.17) is 4.74 Å². The SMILES string of the molecule is CCOC(=O)C(CS)NC(=O)C1CCCN1C(=O)C(CS)NC(=O)CN(C)C. The number of carbonyl (C=O) groups excluding carboxylic acids is 4.